The maximum absolute atomic E-state index is 9.34. The van der Waals surface area contributed by atoms with E-state index in [0.717, 1.165) is 5.56 Å². The highest BCUT2D eigenvalue weighted by atomic mass is 16.5. The zero-order chi connectivity index (χ0) is 12.1. The molecule has 5 nitrogen and oxygen atoms in total. The Morgan fingerprint density at radius 2 is 2.12 bits per heavy atom. The van der Waals surface area contributed by atoms with Crippen LogP contribution in [-0.4, -0.2) is 21.9 Å². The molecular weight excluding hydrogens is 218 g/mol. The van der Waals surface area contributed by atoms with E-state index in [-0.39, 0.29) is 12.6 Å². The zero-order valence-corrected chi connectivity index (χ0v) is 9.63. The fourth-order valence-electron chi connectivity index (χ4n) is 1.60. The molecule has 0 amide bonds. The van der Waals surface area contributed by atoms with Crippen LogP contribution in [0.15, 0.2) is 34.9 Å². The molecule has 0 saturated heterocycles. The van der Waals surface area contributed by atoms with E-state index in [9.17, 15) is 5.11 Å². The molecule has 90 valence electrons. The molecule has 1 aromatic heterocycles. The second kappa shape index (κ2) is 5.56. The summed E-state index contributed by atoms with van der Waals surface area (Å²) in [5, 5.41) is 16.3. The molecule has 17 heavy (non-hydrogen) atoms. The molecule has 0 spiro atoms. The number of aliphatic hydroxyl groups is 1. The molecule has 0 aliphatic carbocycles. The Bertz CT molecular complexity index is 456. The van der Waals surface area contributed by atoms with E-state index in [0.29, 0.717) is 18.3 Å². The maximum Gasteiger partial charge on any atom is 0.223 e. The van der Waals surface area contributed by atoms with Gasteiger partial charge in [0.15, 0.2) is 5.82 Å². The molecular formula is C12H15N3O2. The average molecular weight is 233 g/mol. The normalized spacial score (nSPS) is 12.6. The lowest BCUT2D eigenvalue weighted by Gasteiger charge is -2.15. The van der Waals surface area contributed by atoms with Gasteiger partial charge in [0.2, 0.25) is 5.89 Å². The number of nitrogens with zero attached hydrogens (tertiary/aromatic N) is 2. The van der Waals surface area contributed by atoms with Crippen LogP contribution in [-0.2, 0) is 6.54 Å². The summed E-state index contributed by atoms with van der Waals surface area (Å²) < 4.78 is 4.87. The summed E-state index contributed by atoms with van der Waals surface area (Å²) in [6.07, 6.45) is 0. The number of hydrogen-bond acceptors (Lipinski definition) is 5. The largest absolute Gasteiger partial charge is 0.394 e. The molecule has 5 heteroatoms. The highest BCUT2D eigenvalue weighted by Gasteiger charge is 2.10. The fraction of sp³-hybridized carbons (Fsp3) is 0.333. The SMILES string of the molecule is Cc1nc(CNC(CO)c2ccccc2)no1. The zero-order valence-electron chi connectivity index (χ0n) is 9.63. The molecule has 0 bridgehead atoms. The van der Waals surface area contributed by atoms with Gasteiger partial charge in [0, 0.05) is 6.92 Å². The summed E-state index contributed by atoms with van der Waals surface area (Å²) in [6, 6.07) is 9.65. The van der Waals surface area contributed by atoms with Crippen molar-refractivity contribution in [3.05, 3.63) is 47.6 Å². The summed E-state index contributed by atoms with van der Waals surface area (Å²) in [5.41, 5.74) is 1.04. The van der Waals surface area contributed by atoms with E-state index in [1.165, 1.54) is 0 Å². The van der Waals surface area contributed by atoms with Crippen molar-refractivity contribution >= 4 is 0 Å². The molecule has 0 radical (unpaired) electrons. The second-order valence-electron chi connectivity index (χ2n) is 3.76. The van der Waals surface area contributed by atoms with Gasteiger partial charge in [-0.1, -0.05) is 35.5 Å². The van der Waals surface area contributed by atoms with Crippen LogP contribution < -0.4 is 5.32 Å². The topological polar surface area (TPSA) is 71.2 Å². The van der Waals surface area contributed by atoms with Crippen LogP contribution in [0.25, 0.3) is 0 Å². The Kier molecular flexibility index (Phi) is 3.85. The molecule has 0 aliphatic rings. The van der Waals surface area contributed by atoms with Crippen LogP contribution in [0.1, 0.15) is 23.3 Å². The summed E-state index contributed by atoms with van der Waals surface area (Å²) in [4.78, 5) is 4.09. The molecule has 1 aromatic carbocycles. The van der Waals surface area contributed by atoms with Gasteiger partial charge in [0.1, 0.15) is 0 Å². The van der Waals surface area contributed by atoms with Crippen molar-refractivity contribution in [1.29, 1.82) is 0 Å². The van der Waals surface area contributed by atoms with Crippen molar-refractivity contribution in [2.45, 2.75) is 19.5 Å². The van der Waals surface area contributed by atoms with Gasteiger partial charge >= 0.3 is 0 Å². The van der Waals surface area contributed by atoms with Crippen LogP contribution in [0.3, 0.4) is 0 Å². The van der Waals surface area contributed by atoms with Crippen molar-refractivity contribution in [3.63, 3.8) is 0 Å². The standard InChI is InChI=1S/C12H15N3O2/c1-9-14-12(15-17-9)7-13-11(8-16)10-5-3-2-4-6-10/h2-6,11,13,16H,7-8H2,1H3. The highest BCUT2D eigenvalue weighted by molar-refractivity contribution is 5.18. The number of rotatable bonds is 5. The molecule has 2 rings (SSSR count). The van der Waals surface area contributed by atoms with E-state index in [4.69, 9.17) is 4.52 Å². The van der Waals surface area contributed by atoms with Crippen molar-refractivity contribution in [1.82, 2.24) is 15.5 Å². The summed E-state index contributed by atoms with van der Waals surface area (Å²) in [7, 11) is 0. The van der Waals surface area contributed by atoms with Crippen LogP contribution in [0.4, 0.5) is 0 Å². The van der Waals surface area contributed by atoms with E-state index in [1.807, 2.05) is 30.3 Å². The van der Waals surface area contributed by atoms with Gasteiger partial charge in [0.25, 0.3) is 0 Å². The van der Waals surface area contributed by atoms with Crippen molar-refractivity contribution in [2.75, 3.05) is 6.61 Å². The minimum absolute atomic E-state index is 0.0286. The first-order chi connectivity index (χ1) is 8.29. The Morgan fingerprint density at radius 3 is 2.71 bits per heavy atom. The first kappa shape index (κ1) is 11.8. The van der Waals surface area contributed by atoms with Gasteiger partial charge in [0.05, 0.1) is 19.2 Å². The number of aliphatic hydroxyl groups excluding tert-OH is 1. The maximum atomic E-state index is 9.34. The van der Waals surface area contributed by atoms with Gasteiger partial charge in [-0.05, 0) is 5.56 Å². The number of nitrogens with one attached hydrogen (secondary N) is 1. The minimum atomic E-state index is -0.116. The third kappa shape index (κ3) is 3.12. The number of benzene rings is 1. The molecule has 0 saturated carbocycles. The van der Waals surface area contributed by atoms with Gasteiger partial charge < -0.3 is 14.9 Å². The smallest absolute Gasteiger partial charge is 0.223 e. The van der Waals surface area contributed by atoms with E-state index in [2.05, 4.69) is 15.5 Å². The van der Waals surface area contributed by atoms with E-state index in [1.54, 1.807) is 6.92 Å². The predicted octanol–water partition coefficient (Wildman–Crippen LogP) is 1.20. The molecule has 1 unspecified atom stereocenters. The second-order valence-corrected chi connectivity index (χ2v) is 3.76. The summed E-state index contributed by atoms with van der Waals surface area (Å²) in [5.74, 6) is 1.14. The first-order valence-electron chi connectivity index (χ1n) is 5.48. The molecule has 0 fully saturated rings. The molecule has 0 aliphatic heterocycles. The van der Waals surface area contributed by atoms with Crippen LogP contribution >= 0.6 is 0 Å². The van der Waals surface area contributed by atoms with Gasteiger partial charge in [-0.2, -0.15) is 4.98 Å². The summed E-state index contributed by atoms with van der Waals surface area (Å²) in [6.45, 7) is 2.25. The molecule has 2 aromatic rings. The molecule has 1 heterocycles. The van der Waals surface area contributed by atoms with Crippen LogP contribution in [0.2, 0.25) is 0 Å². The quantitative estimate of drug-likeness (QED) is 0.812. The van der Waals surface area contributed by atoms with Crippen molar-refractivity contribution in [3.8, 4) is 0 Å². The van der Waals surface area contributed by atoms with Crippen molar-refractivity contribution < 1.29 is 9.63 Å². The third-order valence-electron chi connectivity index (χ3n) is 2.46. The number of hydrogen-bond donors (Lipinski definition) is 2. The lowest BCUT2D eigenvalue weighted by Crippen LogP contribution is -2.24. The molecule has 1 atom stereocenters. The summed E-state index contributed by atoms with van der Waals surface area (Å²) >= 11 is 0. The lowest BCUT2D eigenvalue weighted by atomic mass is 10.1. The Hall–Kier alpha value is -1.72. The van der Waals surface area contributed by atoms with Gasteiger partial charge in [-0.25, -0.2) is 0 Å². The minimum Gasteiger partial charge on any atom is -0.394 e. The lowest BCUT2D eigenvalue weighted by molar-refractivity contribution is 0.242. The van der Waals surface area contributed by atoms with Gasteiger partial charge in [-0.3, -0.25) is 0 Å². The predicted molar refractivity (Wildman–Crippen MR) is 62.1 cm³/mol. The average Bonchev–Trinajstić information content (AvgIpc) is 2.77. The van der Waals surface area contributed by atoms with Gasteiger partial charge in [-0.15, -0.1) is 0 Å². The van der Waals surface area contributed by atoms with E-state index < -0.39 is 0 Å². The number of aromatic nitrogens is 2. The van der Waals surface area contributed by atoms with Crippen LogP contribution in [0.5, 0.6) is 0 Å². The van der Waals surface area contributed by atoms with E-state index >= 15 is 0 Å². The fourth-order valence-corrected chi connectivity index (χ4v) is 1.60. The van der Waals surface area contributed by atoms with Crippen molar-refractivity contribution in [2.24, 2.45) is 0 Å². The Morgan fingerprint density at radius 1 is 1.35 bits per heavy atom. The third-order valence-corrected chi connectivity index (χ3v) is 2.46. The Labute approximate surface area is 99.5 Å². The monoisotopic (exact) mass is 233 g/mol. The highest BCUT2D eigenvalue weighted by Crippen LogP contribution is 2.11. The Balaban J connectivity index is 1.97. The first-order valence-corrected chi connectivity index (χ1v) is 5.48. The molecule has 2 N–H and O–H groups in total. The number of aryl methyl sites for hydroxylation is 1. The van der Waals surface area contributed by atoms with Crippen LogP contribution in [0, 0.1) is 6.92 Å².